The molecule has 0 heterocycles. The average Bonchev–Trinajstić information content (AvgIpc) is 1.87. The molecule has 0 saturated heterocycles. The molecule has 0 rings (SSSR count). The van der Waals surface area contributed by atoms with Gasteiger partial charge in [-0.15, -0.1) is 0 Å². The Balaban J connectivity index is 3.46. The van der Waals surface area contributed by atoms with Crippen molar-refractivity contribution in [3.8, 4) is 0 Å². The summed E-state index contributed by atoms with van der Waals surface area (Å²) in [6.07, 6.45) is 1.98. The van der Waals surface area contributed by atoms with Crippen LogP contribution < -0.4 is 11.5 Å². The van der Waals surface area contributed by atoms with Crippen molar-refractivity contribution in [3.05, 3.63) is 0 Å². The van der Waals surface area contributed by atoms with Crippen LogP contribution in [-0.4, -0.2) is 12.1 Å². The zero-order valence-electron chi connectivity index (χ0n) is 7.30. The van der Waals surface area contributed by atoms with Gasteiger partial charge in [0.25, 0.3) is 0 Å². The minimum Gasteiger partial charge on any atom is -0.328 e. The molecule has 62 valence electrons. The van der Waals surface area contributed by atoms with E-state index in [1.54, 1.807) is 0 Å². The van der Waals surface area contributed by atoms with Crippen LogP contribution in [0.25, 0.3) is 0 Å². The van der Waals surface area contributed by atoms with Gasteiger partial charge < -0.3 is 11.5 Å². The van der Waals surface area contributed by atoms with Crippen molar-refractivity contribution in [2.24, 2.45) is 17.4 Å². The first-order valence-electron chi connectivity index (χ1n) is 4.09. The Kier molecular flexibility index (Phi) is 4.65. The van der Waals surface area contributed by atoms with Crippen LogP contribution in [0.5, 0.6) is 0 Å². The average molecular weight is 144 g/mol. The van der Waals surface area contributed by atoms with Gasteiger partial charge in [0.2, 0.25) is 0 Å². The van der Waals surface area contributed by atoms with Gasteiger partial charge in [-0.2, -0.15) is 0 Å². The lowest BCUT2D eigenvalue weighted by Crippen LogP contribution is -2.34. The molecule has 2 nitrogen and oxygen atoms in total. The summed E-state index contributed by atoms with van der Waals surface area (Å²) in [7, 11) is 0. The molecular weight excluding hydrogens is 124 g/mol. The van der Waals surface area contributed by atoms with Crippen molar-refractivity contribution < 1.29 is 0 Å². The molecule has 0 aromatic heterocycles. The lowest BCUT2D eigenvalue weighted by Gasteiger charge is -2.18. The molecule has 0 fully saturated rings. The maximum absolute atomic E-state index is 5.81. The summed E-state index contributed by atoms with van der Waals surface area (Å²) < 4.78 is 0. The van der Waals surface area contributed by atoms with E-state index < -0.39 is 0 Å². The smallest absolute Gasteiger partial charge is 0.00766 e. The Morgan fingerprint density at radius 1 is 1.20 bits per heavy atom. The Hall–Kier alpha value is -0.0800. The fourth-order valence-corrected chi connectivity index (χ4v) is 0.788. The van der Waals surface area contributed by atoms with Gasteiger partial charge >= 0.3 is 0 Å². The van der Waals surface area contributed by atoms with Crippen molar-refractivity contribution in [1.82, 2.24) is 0 Å². The molecule has 0 bridgehead atoms. The highest BCUT2D eigenvalue weighted by atomic mass is 14.7. The van der Waals surface area contributed by atoms with Crippen molar-refractivity contribution in [3.63, 3.8) is 0 Å². The minimum atomic E-state index is 0.273. The molecule has 0 amide bonds. The summed E-state index contributed by atoms with van der Waals surface area (Å²) >= 11 is 0. The summed E-state index contributed by atoms with van der Waals surface area (Å²) in [4.78, 5) is 0. The van der Waals surface area contributed by atoms with E-state index in [4.69, 9.17) is 11.5 Å². The zero-order valence-corrected chi connectivity index (χ0v) is 7.30. The van der Waals surface area contributed by atoms with Gasteiger partial charge in [-0.05, 0) is 18.8 Å². The van der Waals surface area contributed by atoms with Gasteiger partial charge in [0.1, 0.15) is 0 Å². The monoisotopic (exact) mass is 144 g/mol. The molecule has 4 N–H and O–H groups in total. The minimum absolute atomic E-state index is 0.273. The van der Waals surface area contributed by atoms with Crippen LogP contribution in [0, 0.1) is 5.92 Å². The summed E-state index contributed by atoms with van der Waals surface area (Å²) in [6.45, 7) is 6.36. The van der Waals surface area contributed by atoms with Gasteiger partial charge in [-0.1, -0.05) is 20.8 Å². The van der Waals surface area contributed by atoms with E-state index in [1.807, 2.05) is 0 Å². The van der Waals surface area contributed by atoms with E-state index in [0.29, 0.717) is 5.92 Å². The van der Waals surface area contributed by atoms with Crippen molar-refractivity contribution in [1.29, 1.82) is 0 Å². The van der Waals surface area contributed by atoms with Gasteiger partial charge in [0, 0.05) is 12.1 Å². The van der Waals surface area contributed by atoms with E-state index in [2.05, 4.69) is 20.8 Å². The van der Waals surface area contributed by atoms with Crippen molar-refractivity contribution >= 4 is 0 Å². The van der Waals surface area contributed by atoms with Gasteiger partial charge in [-0.25, -0.2) is 0 Å². The van der Waals surface area contributed by atoms with Crippen LogP contribution >= 0.6 is 0 Å². The van der Waals surface area contributed by atoms with Gasteiger partial charge in [0.15, 0.2) is 0 Å². The number of hydrogen-bond donors (Lipinski definition) is 2. The third kappa shape index (κ3) is 3.85. The molecule has 0 radical (unpaired) electrons. The normalized spacial score (nSPS) is 17.4. The van der Waals surface area contributed by atoms with Crippen LogP contribution in [0.3, 0.4) is 0 Å². The molecule has 0 spiro atoms. The molecule has 0 aliphatic heterocycles. The lowest BCUT2D eigenvalue weighted by molar-refractivity contribution is 0.419. The standard InChI is InChI=1S/C8H20N2/c1-4-7(9)5-8(10)6(2)3/h6-8H,4-5,9-10H2,1-3H3. The molecule has 0 aliphatic rings. The Morgan fingerprint density at radius 3 is 2.00 bits per heavy atom. The largest absolute Gasteiger partial charge is 0.328 e. The molecule has 2 atom stereocenters. The van der Waals surface area contributed by atoms with Crippen LogP contribution in [0.15, 0.2) is 0 Å². The maximum Gasteiger partial charge on any atom is 0.00766 e. The van der Waals surface area contributed by atoms with Crippen LogP contribution in [0.1, 0.15) is 33.6 Å². The number of hydrogen-bond acceptors (Lipinski definition) is 2. The van der Waals surface area contributed by atoms with E-state index in [1.165, 1.54) is 0 Å². The third-order valence-corrected chi connectivity index (χ3v) is 1.96. The highest BCUT2D eigenvalue weighted by Crippen LogP contribution is 2.06. The topological polar surface area (TPSA) is 52.0 Å². The van der Waals surface area contributed by atoms with Crippen LogP contribution in [0.4, 0.5) is 0 Å². The second kappa shape index (κ2) is 4.69. The SMILES string of the molecule is CCC(N)CC(N)C(C)C. The Morgan fingerprint density at radius 2 is 1.70 bits per heavy atom. The van der Waals surface area contributed by atoms with Crippen molar-refractivity contribution in [2.45, 2.75) is 45.7 Å². The first kappa shape index (κ1) is 9.92. The summed E-state index contributed by atoms with van der Waals surface area (Å²) in [5.74, 6) is 0.553. The summed E-state index contributed by atoms with van der Waals surface area (Å²) in [6, 6.07) is 0.562. The first-order valence-corrected chi connectivity index (χ1v) is 4.09. The molecule has 0 aromatic carbocycles. The van der Waals surface area contributed by atoms with Crippen molar-refractivity contribution in [2.75, 3.05) is 0 Å². The third-order valence-electron chi connectivity index (χ3n) is 1.96. The van der Waals surface area contributed by atoms with E-state index in [-0.39, 0.29) is 12.1 Å². The predicted octanol–water partition coefficient (Wildman–Crippen LogP) is 1.10. The predicted molar refractivity (Wildman–Crippen MR) is 45.7 cm³/mol. The quantitative estimate of drug-likeness (QED) is 0.620. The van der Waals surface area contributed by atoms with Crippen LogP contribution in [-0.2, 0) is 0 Å². The summed E-state index contributed by atoms with van der Waals surface area (Å²) in [5.41, 5.74) is 11.5. The highest BCUT2D eigenvalue weighted by molar-refractivity contribution is 4.71. The highest BCUT2D eigenvalue weighted by Gasteiger charge is 2.10. The maximum atomic E-state index is 5.81. The molecule has 0 aromatic rings. The fourth-order valence-electron chi connectivity index (χ4n) is 0.788. The first-order chi connectivity index (χ1) is 4.57. The molecular formula is C8H20N2. The lowest BCUT2D eigenvalue weighted by atomic mass is 9.97. The fraction of sp³-hybridized carbons (Fsp3) is 1.00. The number of rotatable bonds is 4. The molecule has 10 heavy (non-hydrogen) atoms. The van der Waals surface area contributed by atoms with Gasteiger partial charge in [-0.3, -0.25) is 0 Å². The summed E-state index contributed by atoms with van der Waals surface area (Å²) in [5, 5.41) is 0. The Bertz CT molecular complexity index is 81.3. The Labute approximate surface area is 64.0 Å². The molecule has 2 heteroatoms. The second-order valence-corrected chi connectivity index (χ2v) is 3.31. The molecule has 0 aliphatic carbocycles. The second-order valence-electron chi connectivity index (χ2n) is 3.31. The van der Waals surface area contributed by atoms with Gasteiger partial charge in [0.05, 0.1) is 0 Å². The molecule has 0 saturated carbocycles. The van der Waals surface area contributed by atoms with E-state index in [9.17, 15) is 0 Å². The van der Waals surface area contributed by atoms with E-state index >= 15 is 0 Å². The zero-order chi connectivity index (χ0) is 8.15. The molecule has 2 unspecified atom stereocenters. The van der Waals surface area contributed by atoms with E-state index in [0.717, 1.165) is 12.8 Å². The van der Waals surface area contributed by atoms with Crippen LogP contribution in [0.2, 0.25) is 0 Å². The number of nitrogens with two attached hydrogens (primary N) is 2.